The zero-order chi connectivity index (χ0) is 23.7. The maximum atomic E-state index is 12.5. The predicted octanol–water partition coefficient (Wildman–Crippen LogP) is 3.74. The smallest absolute Gasteiger partial charge is 0.350 e. The van der Waals surface area contributed by atoms with Crippen molar-refractivity contribution < 1.29 is 9.47 Å². The van der Waals surface area contributed by atoms with Crippen molar-refractivity contribution in [3.8, 4) is 11.6 Å². The molecule has 0 amide bonds. The first-order valence-electron chi connectivity index (χ1n) is 11.1. The third kappa shape index (κ3) is 4.60. The topological polar surface area (TPSA) is 86.7 Å². The molecule has 0 aromatic carbocycles. The van der Waals surface area contributed by atoms with Gasteiger partial charge in [0.1, 0.15) is 11.9 Å². The highest BCUT2D eigenvalue weighted by Crippen LogP contribution is 2.32. The molecule has 0 N–H and O–H groups in total. The molecular formula is C24H28N6O3. The second kappa shape index (κ2) is 9.06. The highest BCUT2D eigenvalue weighted by molar-refractivity contribution is 5.87. The minimum atomic E-state index is -0.346. The van der Waals surface area contributed by atoms with E-state index >= 15 is 0 Å². The van der Waals surface area contributed by atoms with Gasteiger partial charge < -0.3 is 19.2 Å². The van der Waals surface area contributed by atoms with Crippen molar-refractivity contribution in [3.63, 3.8) is 0 Å². The van der Waals surface area contributed by atoms with Crippen LogP contribution >= 0.6 is 0 Å². The zero-order valence-electron chi connectivity index (χ0n) is 19.5. The van der Waals surface area contributed by atoms with Gasteiger partial charge in [-0.3, -0.25) is 4.57 Å². The molecule has 1 unspecified atom stereocenters. The van der Waals surface area contributed by atoms with Crippen LogP contribution in [0.25, 0.3) is 15.9 Å². The van der Waals surface area contributed by atoms with Crippen LogP contribution in [0.1, 0.15) is 34.1 Å². The number of fused-ring (bicyclic) bond motifs is 1. The van der Waals surface area contributed by atoms with E-state index in [4.69, 9.17) is 16.0 Å². The molecule has 1 fully saturated rings. The Morgan fingerprint density at radius 1 is 1.18 bits per heavy atom. The molecule has 0 radical (unpaired) electrons. The zero-order valence-corrected chi connectivity index (χ0v) is 19.5. The van der Waals surface area contributed by atoms with Crippen LogP contribution in [-0.4, -0.2) is 44.3 Å². The van der Waals surface area contributed by atoms with Crippen molar-refractivity contribution >= 4 is 22.7 Å². The molecule has 1 aliphatic rings. The van der Waals surface area contributed by atoms with Gasteiger partial charge >= 0.3 is 5.69 Å². The summed E-state index contributed by atoms with van der Waals surface area (Å²) < 4.78 is 13.3. The Morgan fingerprint density at radius 3 is 2.64 bits per heavy atom. The lowest BCUT2D eigenvalue weighted by Gasteiger charge is -2.41. The lowest BCUT2D eigenvalue weighted by Crippen LogP contribution is -2.50. The maximum Gasteiger partial charge on any atom is 0.350 e. The highest BCUT2D eigenvalue weighted by Gasteiger charge is 2.35. The van der Waals surface area contributed by atoms with E-state index in [2.05, 4.69) is 38.5 Å². The lowest BCUT2D eigenvalue weighted by atomic mass is 9.91. The van der Waals surface area contributed by atoms with Gasteiger partial charge in [-0.15, -0.1) is 4.98 Å². The summed E-state index contributed by atoms with van der Waals surface area (Å²) in [4.78, 5) is 31.3. The van der Waals surface area contributed by atoms with Crippen molar-refractivity contribution in [1.29, 1.82) is 0 Å². The normalized spacial score (nSPS) is 20.6. The minimum Gasteiger partial charge on any atom is -0.489 e. The van der Waals surface area contributed by atoms with Crippen LogP contribution in [0.15, 0.2) is 35.3 Å². The SMILES string of the molecule is [C-]#[N+]c1ccc2c(n1)c(N1C[C@@H](C)C(Oc3ccc(OC(C)C)cn3)C[C@H]1C)nc(=O)n2C. The Balaban J connectivity index is 1.57. The highest BCUT2D eigenvalue weighted by atomic mass is 16.5. The van der Waals surface area contributed by atoms with Crippen molar-refractivity contribution in [3.05, 3.63) is 52.4 Å². The molecule has 3 aromatic heterocycles. The summed E-state index contributed by atoms with van der Waals surface area (Å²) in [6.07, 6.45) is 2.46. The van der Waals surface area contributed by atoms with Gasteiger partial charge in [-0.2, -0.15) is 4.98 Å². The number of piperidine rings is 1. The van der Waals surface area contributed by atoms with E-state index < -0.39 is 0 Å². The van der Waals surface area contributed by atoms with Gasteiger partial charge in [-0.25, -0.2) is 9.78 Å². The van der Waals surface area contributed by atoms with Gasteiger partial charge in [0.25, 0.3) is 5.82 Å². The van der Waals surface area contributed by atoms with E-state index in [1.807, 2.05) is 26.0 Å². The van der Waals surface area contributed by atoms with Crippen molar-refractivity contribution in [2.24, 2.45) is 13.0 Å². The fourth-order valence-electron chi connectivity index (χ4n) is 4.16. The molecule has 3 aromatic rings. The molecule has 172 valence electrons. The number of nitrogens with zero attached hydrogens (tertiary/aromatic N) is 6. The molecule has 0 spiro atoms. The number of anilines is 1. The van der Waals surface area contributed by atoms with Crippen LogP contribution in [0.5, 0.6) is 11.6 Å². The minimum absolute atomic E-state index is 0.0369. The average Bonchev–Trinajstić information content (AvgIpc) is 2.79. The quantitative estimate of drug-likeness (QED) is 0.550. The van der Waals surface area contributed by atoms with Crippen LogP contribution in [-0.2, 0) is 7.05 Å². The molecule has 4 rings (SSSR count). The third-order valence-corrected chi connectivity index (χ3v) is 5.89. The summed E-state index contributed by atoms with van der Waals surface area (Å²) in [6.45, 7) is 16.1. The summed E-state index contributed by atoms with van der Waals surface area (Å²) in [5.74, 6) is 2.22. The molecule has 33 heavy (non-hydrogen) atoms. The maximum absolute atomic E-state index is 12.5. The largest absolute Gasteiger partial charge is 0.489 e. The summed E-state index contributed by atoms with van der Waals surface area (Å²) in [5, 5.41) is 0. The molecule has 1 aliphatic heterocycles. The van der Waals surface area contributed by atoms with Gasteiger partial charge in [-0.05, 0) is 39.0 Å². The van der Waals surface area contributed by atoms with Gasteiger partial charge in [0.2, 0.25) is 11.4 Å². The molecule has 3 atom stereocenters. The summed E-state index contributed by atoms with van der Waals surface area (Å²) in [5.41, 5.74) is 0.871. The fourth-order valence-corrected chi connectivity index (χ4v) is 4.16. The summed E-state index contributed by atoms with van der Waals surface area (Å²) in [7, 11) is 1.66. The van der Waals surface area contributed by atoms with Crippen molar-refractivity contribution in [1.82, 2.24) is 19.5 Å². The van der Waals surface area contributed by atoms with Gasteiger partial charge in [0.15, 0.2) is 5.82 Å². The molecule has 9 nitrogen and oxygen atoms in total. The van der Waals surface area contributed by atoms with Gasteiger partial charge in [-0.1, -0.05) is 13.5 Å². The molecule has 1 saturated heterocycles. The van der Waals surface area contributed by atoms with E-state index in [9.17, 15) is 4.79 Å². The van der Waals surface area contributed by atoms with Crippen LogP contribution in [0.2, 0.25) is 0 Å². The fraction of sp³-hybridized carbons (Fsp3) is 0.458. The van der Waals surface area contributed by atoms with E-state index in [-0.39, 0.29) is 35.7 Å². The third-order valence-electron chi connectivity index (χ3n) is 5.89. The Hall–Kier alpha value is -3.67. The number of hydrogen-bond acceptors (Lipinski definition) is 7. The lowest BCUT2D eigenvalue weighted by molar-refractivity contribution is 0.102. The first-order chi connectivity index (χ1) is 15.8. The number of ether oxygens (including phenoxy) is 2. The number of aromatic nitrogens is 4. The monoisotopic (exact) mass is 448 g/mol. The molecule has 9 heteroatoms. The molecule has 4 heterocycles. The van der Waals surface area contributed by atoms with Crippen molar-refractivity contribution in [2.75, 3.05) is 11.4 Å². The summed E-state index contributed by atoms with van der Waals surface area (Å²) >= 11 is 0. The number of aryl methyl sites for hydroxylation is 1. The van der Waals surface area contributed by atoms with Crippen molar-refractivity contribution in [2.45, 2.75) is 52.4 Å². The Kier molecular flexibility index (Phi) is 6.18. The van der Waals surface area contributed by atoms with Gasteiger partial charge in [0, 0.05) is 38.0 Å². The Labute approximate surface area is 192 Å². The van der Waals surface area contributed by atoms with E-state index in [0.717, 1.165) is 6.42 Å². The van der Waals surface area contributed by atoms with Crippen LogP contribution in [0.3, 0.4) is 0 Å². The first-order valence-corrected chi connectivity index (χ1v) is 11.1. The molecular weight excluding hydrogens is 420 g/mol. The summed E-state index contributed by atoms with van der Waals surface area (Å²) in [6, 6.07) is 7.12. The average molecular weight is 449 g/mol. The first kappa shape index (κ1) is 22.5. The molecule has 0 saturated carbocycles. The Morgan fingerprint density at radius 2 is 1.97 bits per heavy atom. The Bertz CT molecular complexity index is 1250. The predicted molar refractivity (Wildman–Crippen MR) is 126 cm³/mol. The van der Waals surface area contributed by atoms with Crippen LogP contribution in [0.4, 0.5) is 11.6 Å². The number of hydrogen-bond donors (Lipinski definition) is 0. The number of pyridine rings is 2. The van der Waals surface area contributed by atoms with Crippen LogP contribution < -0.4 is 20.1 Å². The molecule has 0 aliphatic carbocycles. The van der Waals surface area contributed by atoms with E-state index in [0.29, 0.717) is 35.0 Å². The van der Waals surface area contributed by atoms with Crippen LogP contribution in [0, 0.1) is 12.5 Å². The molecule has 0 bridgehead atoms. The van der Waals surface area contributed by atoms with E-state index in [1.54, 1.807) is 25.4 Å². The number of rotatable bonds is 5. The second-order valence-corrected chi connectivity index (χ2v) is 8.80. The van der Waals surface area contributed by atoms with E-state index in [1.165, 1.54) is 4.57 Å². The van der Waals surface area contributed by atoms with Gasteiger partial charge in [0.05, 0.1) is 17.8 Å². The second-order valence-electron chi connectivity index (χ2n) is 8.80. The standard InChI is InChI=1S/C24H28N6O3/c1-14(2)32-17-7-10-21(26-12-17)33-19-11-16(4)30(13-15(19)3)23-22-18(29(6)24(31)28-23)8-9-20(25-5)27-22/h7-10,12,14-16,19H,11,13H2,1-4,6H3/t15-,16-,19?/m1/s1.